The largest absolute Gasteiger partial charge is 0.494 e. The van der Waals surface area contributed by atoms with Crippen LogP contribution >= 0.6 is 11.6 Å². The summed E-state index contributed by atoms with van der Waals surface area (Å²) < 4.78 is 20.2. The maximum Gasteiger partial charge on any atom is 0.171 e. The van der Waals surface area contributed by atoms with E-state index < -0.39 is 5.82 Å². The second kappa shape index (κ2) is 4.49. The molecule has 0 saturated heterocycles. The summed E-state index contributed by atoms with van der Waals surface area (Å²) in [5.74, 6) is -0.261. The predicted molar refractivity (Wildman–Crippen MR) is 57.4 cm³/mol. The minimum Gasteiger partial charge on any atom is -0.494 e. The van der Waals surface area contributed by atoms with Gasteiger partial charge in [0.25, 0.3) is 0 Å². The van der Waals surface area contributed by atoms with Gasteiger partial charge in [-0.3, -0.25) is 0 Å². The third kappa shape index (κ3) is 1.74. The van der Waals surface area contributed by atoms with Crippen molar-refractivity contribution in [1.82, 2.24) is 15.0 Å². The zero-order valence-corrected chi connectivity index (χ0v) is 9.28. The second-order valence-electron chi connectivity index (χ2n) is 3.06. The molecule has 4 nitrogen and oxygen atoms in total. The van der Waals surface area contributed by atoms with Gasteiger partial charge in [-0.05, 0) is 12.1 Å². The maximum atomic E-state index is 13.9. The van der Waals surface area contributed by atoms with Crippen LogP contribution in [-0.2, 0) is 5.88 Å². The van der Waals surface area contributed by atoms with Gasteiger partial charge in [0, 0.05) is 5.56 Å². The normalized spacial score (nSPS) is 10.4. The Morgan fingerprint density at radius 3 is 2.88 bits per heavy atom. The minimum atomic E-state index is -0.467. The quantitative estimate of drug-likeness (QED) is 0.773. The Balaban J connectivity index is 2.59. The second-order valence-corrected chi connectivity index (χ2v) is 3.33. The van der Waals surface area contributed by atoms with E-state index in [1.807, 2.05) is 0 Å². The van der Waals surface area contributed by atoms with Gasteiger partial charge in [0.15, 0.2) is 11.6 Å². The molecule has 0 saturated carbocycles. The van der Waals surface area contributed by atoms with Crippen LogP contribution in [-0.4, -0.2) is 22.1 Å². The fourth-order valence-electron chi connectivity index (χ4n) is 1.43. The van der Waals surface area contributed by atoms with Crippen LogP contribution in [0.25, 0.3) is 5.69 Å². The molecular weight excluding hydrogens is 233 g/mol. The van der Waals surface area contributed by atoms with Crippen molar-refractivity contribution in [3.05, 3.63) is 35.9 Å². The van der Waals surface area contributed by atoms with Crippen LogP contribution < -0.4 is 4.74 Å². The van der Waals surface area contributed by atoms with Crippen molar-refractivity contribution in [3.63, 3.8) is 0 Å². The van der Waals surface area contributed by atoms with Crippen molar-refractivity contribution in [2.75, 3.05) is 7.11 Å². The Hall–Kier alpha value is -1.62. The molecule has 6 heteroatoms. The monoisotopic (exact) mass is 241 g/mol. The van der Waals surface area contributed by atoms with Crippen molar-refractivity contribution in [2.45, 2.75) is 5.88 Å². The van der Waals surface area contributed by atoms with Gasteiger partial charge in [-0.1, -0.05) is 5.21 Å². The zero-order valence-electron chi connectivity index (χ0n) is 8.52. The first-order valence-corrected chi connectivity index (χ1v) is 5.09. The van der Waals surface area contributed by atoms with Gasteiger partial charge < -0.3 is 4.74 Å². The maximum absolute atomic E-state index is 13.9. The van der Waals surface area contributed by atoms with E-state index in [0.717, 1.165) is 0 Å². The molecule has 2 aromatic rings. The van der Waals surface area contributed by atoms with Gasteiger partial charge >= 0.3 is 0 Å². The smallest absolute Gasteiger partial charge is 0.171 e. The third-order valence-electron chi connectivity index (χ3n) is 2.21. The van der Waals surface area contributed by atoms with Crippen molar-refractivity contribution in [2.24, 2.45) is 0 Å². The molecule has 0 aliphatic heterocycles. The van der Waals surface area contributed by atoms with Crippen LogP contribution in [0.3, 0.4) is 0 Å². The van der Waals surface area contributed by atoms with Crippen molar-refractivity contribution >= 4 is 11.6 Å². The summed E-state index contributed by atoms with van der Waals surface area (Å²) in [6.07, 6.45) is 3.14. The molecule has 0 spiro atoms. The lowest BCUT2D eigenvalue weighted by Crippen LogP contribution is -2.03. The number of aromatic nitrogens is 3. The predicted octanol–water partition coefficient (Wildman–Crippen LogP) is 2.15. The lowest BCUT2D eigenvalue weighted by molar-refractivity contribution is 0.384. The standard InChI is InChI=1S/C10H9ClFN3O/c1-16-9-3-2-8(7(6-11)10(9)12)15-5-4-13-14-15/h2-5H,6H2,1H3. The molecule has 1 aromatic carbocycles. The van der Waals surface area contributed by atoms with E-state index in [-0.39, 0.29) is 11.6 Å². The molecule has 0 N–H and O–H groups in total. The van der Waals surface area contributed by atoms with Crippen LogP contribution in [0.2, 0.25) is 0 Å². The first-order chi connectivity index (χ1) is 7.77. The molecule has 0 fully saturated rings. The molecule has 0 amide bonds. The average molecular weight is 242 g/mol. The Kier molecular flexibility index (Phi) is 3.05. The molecule has 1 heterocycles. The summed E-state index contributed by atoms with van der Waals surface area (Å²) in [4.78, 5) is 0. The fourth-order valence-corrected chi connectivity index (χ4v) is 1.68. The summed E-state index contributed by atoms with van der Waals surface area (Å²) in [7, 11) is 1.41. The Morgan fingerprint density at radius 2 is 2.31 bits per heavy atom. The molecule has 2 rings (SSSR count). The number of halogens is 2. The number of rotatable bonds is 3. The van der Waals surface area contributed by atoms with E-state index in [9.17, 15) is 4.39 Å². The summed E-state index contributed by atoms with van der Waals surface area (Å²) in [6.45, 7) is 0. The number of nitrogens with zero attached hydrogens (tertiary/aromatic N) is 3. The molecule has 1 aromatic heterocycles. The highest BCUT2D eigenvalue weighted by atomic mass is 35.5. The summed E-state index contributed by atoms with van der Waals surface area (Å²) in [5.41, 5.74) is 0.900. The molecular formula is C10H9ClFN3O. The van der Waals surface area contributed by atoms with E-state index in [2.05, 4.69) is 10.3 Å². The third-order valence-corrected chi connectivity index (χ3v) is 2.47. The molecule has 0 aliphatic rings. The fraction of sp³-hybridized carbons (Fsp3) is 0.200. The van der Waals surface area contributed by atoms with E-state index >= 15 is 0 Å². The van der Waals surface area contributed by atoms with E-state index in [4.69, 9.17) is 16.3 Å². The number of benzene rings is 1. The Bertz CT molecular complexity index is 487. The highest BCUT2D eigenvalue weighted by Gasteiger charge is 2.14. The number of methoxy groups -OCH3 is 1. The van der Waals surface area contributed by atoms with Crippen molar-refractivity contribution < 1.29 is 9.13 Å². The molecule has 0 atom stereocenters. The van der Waals surface area contributed by atoms with Gasteiger partial charge in [0.05, 0.1) is 31.1 Å². The van der Waals surface area contributed by atoms with Gasteiger partial charge in [-0.25, -0.2) is 9.07 Å². The molecule has 0 bridgehead atoms. The molecule has 0 unspecified atom stereocenters. The first kappa shape index (κ1) is 10.9. The minimum absolute atomic E-state index is 0.0399. The highest BCUT2D eigenvalue weighted by molar-refractivity contribution is 6.17. The topological polar surface area (TPSA) is 39.9 Å². The van der Waals surface area contributed by atoms with Crippen molar-refractivity contribution in [3.8, 4) is 11.4 Å². The molecule has 16 heavy (non-hydrogen) atoms. The van der Waals surface area contributed by atoms with Gasteiger partial charge in [-0.15, -0.1) is 16.7 Å². The molecule has 84 valence electrons. The van der Waals surface area contributed by atoms with Crippen molar-refractivity contribution in [1.29, 1.82) is 0 Å². The SMILES string of the molecule is COc1ccc(-n2ccnn2)c(CCl)c1F. The zero-order chi connectivity index (χ0) is 11.5. The van der Waals surface area contributed by atoms with Crippen LogP contribution in [0.4, 0.5) is 4.39 Å². The van der Waals surface area contributed by atoms with E-state index in [1.165, 1.54) is 24.1 Å². The average Bonchev–Trinajstić information content (AvgIpc) is 2.82. The van der Waals surface area contributed by atoms with Crippen LogP contribution in [0.5, 0.6) is 5.75 Å². The molecule has 0 aliphatic carbocycles. The van der Waals surface area contributed by atoms with Crippen LogP contribution in [0, 0.1) is 5.82 Å². The van der Waals surface area contributed by atoms with Gasteiger partial charge in [0.2, 0.25) is 0 Å². The Morgan fingerprint density at radius 1 is 1.50 bits per heavy atom. The first-order valence-electron chi connectivity index (χ1n) is 4.56. The summed E-state index contributed by atoms with van der Waals surface area (Å²) in [6, 6.07) is 3.22. The lowest BCUT2D eigenvalue weighted by atomic mass is 10.1. The van der Waals surface area contributed by atoms with Crippen LogP contribution in [0.1, 0.15) is 5.56 Å². The Labute approximate surface area is 96.6 Å². The summed E-state index contributed by atoms with van der Waals surface area (Å²) in [5, 5.41) is 7.45. The number of hydrogen-bond acceptors (Lipinski definition) is 3. The number of hydrogen-bond donors (Lipinski definition) is 0. The number of ether oxygens (including phenoxy) is 1. The van der Waals surface area contributed by atoms with E-state index in [1.54, 1.807) is 12.3 Å². The summed E-state index contributed by atoms with van der Waals surface area (Å²) >= 11 is 5.73. The lowest BCUT2D eigenvalue weighted by Gasteiger charge is -2.10. The van der Waals surface area contributed by atoms with Gasteiger partial charge in [-0.2, -0.15) is 0 Å². The molecule has 0 radical (unpaired) electrons. The number of alkyl halides is 1. The van der Waals surface area contributed by atoms with E-state index in [0.29, 0.717) is 11.3 Å². The highest BCUT2D eigenvalue weighted by Crippen LogP contribution is 2.27. The van der Waals surface area contributed by atoms with Crippen LogP contribution in [0.15, 0.2) is 24.5 Å². The van der Waals surface area contributed by atoms with Gasteiger partial charge in [0.1, 0.15) is 0 Å².